The van der Waals surface area contributed by atoms with Gasteiger partial charge in [0.05, 0.1) is 0 Å². The van der Waals surface area contributed by atoms with Crippen LogP contribution < -0.4 is 5.73 Å². The van der Waals surface area contributed by atoms with Gasteiger partial charge in [0.25, 0.3) is 0 Å². The number of hydrogen-bond donors (Lipinski definition) is 1. The molecule has 0 unspecified atom stereocenters. The van der Waals surface area contributed by atoms with Crippen LogP contribution in [-0.2, 0) is 16.1 Å². The Kier molecular flexibility index (Phi) is 5.71. The van der Waals surface area contributed by atoms with Crippen molar-refractivity contribution in [2.24, 2.45) is 11.7 Å². The Hall–Kier alpha value is -1.95. The number of amides is 2. The molecule has 0 spiro atoms. The summed E-state index contributed by atoms with van der Waals surface area (Å²) >= 11 is 0. The monoisotopic (exact) mass is 321 g/mol. The van der Waals surface area contributed by atoms with Gasteiger partial charge < -0.3 is 10.6 Å². The van der Waals surface area contributed by atoms with Crippen LogP contribution in [-0.4, -0.2) is 47.3 Å². The first-order chi connectivity index (χ1) is 10.9. The summed E-state index contributed by atoms with van der Waals surface area (Å²) in [5.41, 5.74) is 6.17. The molecule has 0 saturated carbocycles. The molecule has 2 amide bonds. The lowest BCUT2D eigenvalue weighted by Gasteiger charge is -2.34. The van der Waals surface area contributed by atoms with Crippen LogP contribution in [0.3, 0.4) is 0 Å². The average molecular weight is 321 g/mol. The van der Waals surface area contributed by atoms with Gasteiger partial charge in [-0.15, -0.1) is 0 Å². The van der Waals surface area contributed by atoms with E-state index in [1.165, 1.54) is 12.1 Å². The minimum Gasteiger partial charge on any atom is -0.361 e. The predicted molar refractivity (Wildman–Crippen MR) is 85.8 cm³/mol. The summed E-state index contributed by atoms with van der Waals surface area (Å²) < 4.78 is 13.0. The second-order valence-electron chi connectivity index (χ2n) is 6.38. The second kappa shape index (κ2) is 7.55. The van der Waals surface area contributed by atoms with Crippen molar-refractivity contribution in [3.8, 4) is 0 Å². The molecule has 5 nitrogen and oxygen atoms in total. The summed E-state index contributed by atoms with van der Waals surface area (Å²) in [6, 6.07) is 6.61. The first kappa shape index (κ1) is 17.4. The van der Waals surface area contributed by atoms with Gasteiger partial charge in [0.2, 0.25) is 0 Å². The summed E-state index contributed by atoms with van der Waals surface area (Å²) in [4.78, 5) is 26.9. The van der Waals surface area contributed by atoms with Crippen molar-refractivity contribution in [3.63, 3.8) is 0 Å². The average Bonchev–Trinajstić information content (AvgIpc) is 2.71. The van der Waals surface area contributed by atoms with Crippen molar-refractivity contribution >= 4 is 11.8 Å². The van der Waals surface area contributed by atoms with E-state index in [4.69, 9.17) is 5.73 Å². The first-order valence-electron chi connectivity index (χ1n) is 7.95. The molecule has 0 bridgehead atoms. The zero-order chi connectivity index (χ0) is 17.0. The third kappa shape index (κ3) is 4.51. The normalized spacial score (nSPS) is 19.7. The van der Waals surface area contributed by atoms with Gasteiger partial charge in [-0.25, -0.2) is 4.39 Å². The number of nitrogens with two attached hydrogens (primary N) is 1. The van der Waals surface area contributed by atoms with Crippen molar-refractivity contribution in [1.82, 2.24) is 9.80 Å². The molecule has 126 valence electrons. The van der Waals surface area contributed by atoms with Crippen LogP contribution >= 0.6 is 0 Å². The summed E-state index contributed by atoms with van der Waals surface area (Å²) in [5.74, 6) is -1.45. The van der Waals surface area contributed by atoms with E-state index in [1.54, 1.807) is 17.0 Å². The molecule has 1 heterocycles. The van der Waals surface area contributed by atoms with E-state index >= 15 is 0 Å². The van der Waals surface area contributed by atoms with Crippen molar-refractivity contribution in [2.75, 3.05) is 19.6 Å². The van der Waals surface area contributed by atoms with Gasteiger partial charge in [-0.2, -0.15) is 0 Å². The second-order valence-corrected chi connectivity index (χ2v) is 6.38. The number of nitrogens with zero attached hydrogens (tertiary/aromatic N) is 2. The van der Waals surface area contributed by atoms with Crippen molar-refractivity contribution in [2.45, 2.75) is 32.9 Å². The molecule has 1 atom stereocenters. The molecule has 0 aromatic heterocycles. The predicted octanol–water partition coefficient (Wildman–Crippen LogP) is 1.37. The van der Waals surface area contributed by atoms with Gasteiger partial charge in [-0.05, 0) is 30.0 Å². The maximum atomic E-state index is 13.0. The first-order valence-corrected chi connectivity index (χ1v) is 7.95. The van der Waals surface area contributed by atoms with Crippen LogP contribution in [0.1, 0.15) is 25.8 Å². The summed E-state index contributed by atoms with van der Waals surface area (Å²) in [6.45, 7) is 6.73. The largest absolute Gasteiger partial charge is 0.361 e. The topological polar surface area (TPSA) is 66.6 Å². The Morgan fingerprint density at radius 3 is 2.48 bits per heavy atom. The molecule has 1 aromatic rings. The van der Waals surface area contributed by atoms with Gasteiger partial charge >= 0.3 is 11.8 Å². The fourth-order valence-electron chi connectivity index (χ4n) is 3.06. The minimum atomic E-state index is -0.903. The van der Waals surface area contributed by atoms with E-state index in [-0.39, 0.29) is 11.9 Å². The molecular formula is C17H24FN3O2. The Morgan fingerprint density at radius 2 is 1.91 bits per heavy atom. The summed E-state index contributed by atoms with van der Waals surface area (Å²) in [7, 11) is 0. The van der Waals surface area contributed by atoms with Crippen LogP contribution in [0.15, 0.2) is 24.3 Å². The van der Waals surface area contributed by atoms with E-state index in [1.807, 2.05) is 0 Å². The molecule has 1 aliphatic rings. The van der Waals surface area contributed by atoms with E-state index in [9.17, 15) is 14.0 Å². The molecule has 23 heavy (non-hydrogen) atoms. The number of hydrogen-bond acceptors (Lipinski definition) is 3. The zero-order valence-electron chi connectivity index (χ0n) is 13.7. The van der Waals surface area contributed by atoms with Crippen LogP contribution in [0, 0.1) is 11.7 Å². The summed E-state index contributed by atoms with van der Waals surface area (Å²) in [5, 5.41) is 0. The molecule has 1 aliphatic heterocycles. The van der Waals surface area contributed by atoms with E-state index in [0.29, 0.717) is 25.6 Å². The molecule has 6 heteroatoms. The Morgan fingerprint density at radius 1 is 1.26 bits per heavy atom. The van der Waals surface area contributed by atoms with Crippen molar-refractivity contribution in [1.29, 1.82) is 0 Å². The summed E-state index contributed by atoms with van der Waals surface area (Å²) in [6.07, 6.45) is 0.781. The number of benzene rings is 1. The molecular weight excluding hydrogens is 297 g/mol. The van der Waals surface area contributed by atoms with Crippen LogP contribution in [0.2, 0.25) is 0 Å². The van der Waals surface area contributed by atoms with E-state index in [2.05, 4.69) is 18.7 Å². The van der Waals surface area contributed by atoms with E-state index in [0.717, 1.165) is 18.5 Å². The molecule has 0 radical (unpaired) electrons. The highest BCUT2D eigenvalue weighted by Crippen LogP contribution is 2.20. The third-order valence-corrected chi connectivity index (χ3v) is 4.32. The molecule has 0 aliphatic carbocycles. The molecule has 1 saturated heterocycles. The molecule has 1 aromatic carbocycles. The fourth-order valence-corrected chi connectivity index (χ4v) is 3.06. The number of primary amides is 1. The highest BCUT2D eigenvalue weighted by molar-refractivity contribution is 6.34. The van der Waals surface area contributed by atoms with Crippen LogP contribution in [0.5, 0.6) is 0 Å². The Labute approximate surface area is 136 Å². The van der Waals surface area contributed by atoms with Gasteiger partial charge in [-0.1, -0.05) is 26.0 Å². The van der Waals surface area contributed by atoms with Gasteiger partial charge in [0, 0.05) is 32.2 Å². The lowest BCUT2D eigenvalue weighted by molar-refractivity contribution is -0.144. The fraction of sp³-hybridized carbons (Fsp3) is 0.529. The van der Waals surface area contributed by atoms with Crippen LogP contribution in [0.4, 0.5) is 4.39 Å². The third-order valence-electron chi connectivity index (χ3n) is 4.32. The maximum Gasteiger partial charge on any atom is 0.311 e. The smallest absolute Gasteiger partial charge is 0.311 e. The zero-order valence-corrected chi connectivity index (χ0v) is 13.7. The van der Waals surface area contributed by atoms with Crippen LogP contribution in [0.25, 0.3) is 0 Å². The molecule has 2 N–H and O–H groups in total. The SMILES string of the molecule is CC(C)[C@@H]1CN(C(=O)C(N)=O)CCCN1Cc1ccc(F)cc1. The number of rotatable bonds is 3. The number of carbonyl (C=O) groups is 2. The van der Waals surface area contributed by atoms with Gasteiger partial charge in [0.1, 0.15) is 5.82 Å². The van der Waals surface area contributed by atoms with Crippen molar-refractivity contribution < 1.29 is 14.0 Å². The Bertz CT molecular complexity index is 559. The van der Waals surface area contributed by atoms with E-state index < -0.39 is 11.8 Å². The standard InChI is InChI=1S/C17H24FN3O2/c1-12(2)15-11-21(17(23)16(19)22)9-3-8-20(15)10-13-4-6-14(18)7-5-13/h4-7,12,15H,3,8-11H2,1-2H3,(H2,19,22)/t15-/m0/s1. The van der Waals surface area contributed by atoms with Crippen molar-refractivity contribution in [3.05, 3.63) is 35.6 Å². The minimum absolute atomic E-state index is 0.130. The number of carbonyl (C=O) groups excluding carboxylic acids is 2. The maximum absolute atomic E-state index is 13.0. The quantitative estimate of drug-likeness (QED) is 0.855. The molecule has 1 fully saturated rings. The van der Waals surface area contributed by atoms with Gasteiger partial charge in [0.15, 0.2) is 0 Å². The lowest BCUT2D eigenvalue weighted by Crippen LogP contribution is -2.48. The lowest BCUT2D eigenvalue weighted by atomic mass is 10.0. The highest BCUT2D eigenvalue weighted by atomic mass is 19.1. The highest BCUT2D eigenvalue weighted by Gasteiger charge is 2.30. The Balaban J connectivity index is 2.13. The van der Waals surface area contributed by atoms with Gasteiger partial charge in [-0.3, -0.25) is 14.5 Å². The number of halogens is 1. The molecule has 2 rings (SSSR count).